The van der Waals surface area contributed by atoms with Crippen molar-refractivity contribution in [3.05, 3.63) is 18.2 Å². The number of carbonyl (C=O) groups excluding carboxylic acids is 2. The number of imidazole rings is 1. The normalized spacial score (nSPS) is 11.1. The van der Waals surface area contributed by atoms with Gasteiger partial charge in [-0.1, -0.05) is 0 Å². The van der Waals surface area contributed by atoms with E-state index in [0.717, 1.165) is 5.69 Å². The molecule has 0 saturated heterocycles. The van der Waals surface area contributed by atoms with Crippen molar-refractivity contribution in [2.45, 2.75) is 20.3 Å². The number of aromatic amines is 1. The first-order chi connectivity index (χ1) is 7.06. The third-order valence-electron chi connectivity index (χ3n) is 2.11. The monoisotopic (exact) mass is 209 g/mol. The zero-order valence-electron chi connectivity index (χ0n) is 8.91. The second-order valence-corrected chi connectivity index (χ2v) is 3.92. The SMILES string of the molecule is CC(C)(C=O)C(=O)NCCc1cnc[nH]1. The van der Waals surface area contributed by atoms with Gasteiger partial charge in [-0.05, 0) is 13.8 Å². The van der Waals surface area contributed by atoms with Crippen molar-refractivity contribution in [1.82, 2.24) is 15.3 Å². The van der Waals surface area contributed by atoms with E-state index in [1.807, 2.05) is 0 Å². The van der Waals surface area contributed by atoms with Gasteiger partial charge in [0.05, 0.1) is 11.7 Å². The van der Waals surface area contributed by atoms with Crippen LogP contribution in [0.5, 0.6) is 0 Å². The zero-order chi connectivity index (χ0) is 11.3. The molecule has 82 valence electrons. The van der Waals surface area contributed by atoms with Crippen LogP contribution in [0.25, 0.3) is 0 Å². The summed E-state index contributed by atoms with van der Waals surface area (Å²) in [6.45, 7) is 3.68. The fraction of sp³-hybridized carbons (Fsp3) is 0.500. The van der Waals surface area contributed by atoms with E-state index in [-0.39, 0.29) is 5.91 Å². The predicted molar refractivity (Wildman–Crippen MR) is 55.1 cm³/mol. The zero-order valence-corrected chi connectivity index (χ0v) is 8.91. The van der Waals surface area contributed by atoms with Gasteiger partial charge in [0, 0.05) is 24.9 Å². The Morgan fingerprint density at radius 1 is 1.67 bits per heavy atom. The molecule has 0 fully saturated rings. The lowest BCUT2D eigenvalue weighted by Crippen LogP contribution is -2.38. The van der Waals surface area contributed by atoms with Crippen molar-refractivity contribution in [1.29, 1.82) is 0 Å². The highest BCUT2D eigenvalue weighted by atomic mass is 16.2. The van der Waals surface area contributed by atoms with Gasteiger partial charge in [0.25, 0.3) is 0 Å². The molecule has 0 aliphatic heterocycles. The number of nitrogens with one attached hydrogen (secondary N) is 2. The Kier molecular flexibility index (Phi) is 3.60. The third-order valence-corrected chi connectivity index (χ3v) is 2.11. The van der Waals surface area contributed by atoms with E-state index in [9.17, 15) is 9.59 Å². The maximum atomic E-state index is 11.5. The lowest BCUT2D eigenvalue weighted by Gasteiger charge is -2.15. The number of aromatic nitrogens is 2. The van der Waals surface area contributed by atoms with Crippen LogP contribution in [0.1, 0.15) is 19.5 Å². The van der Waals surface area contributed by atoms with E-state index in [0.29, 0.717) is 19.3 Å². The predicted octanol–water partition coefficient (Wildman–Crippen LogP) is 0.293. The number of carbonyl (C=O) groups is 2. The molecular formula is C10H15N3O2. The fourth-order valence-electron chi connectivity index (χ4n) is 1.01. The molecular weight excluding hydrogens is 194 g/mol. The van der Waals surface area contributed by atoms with Crippen molar-refractivity contribution >= 4 is 12.2 Å². The third kappa shape index (κ3) is 3.19. The van der Waals surface area contributed by atoms with Crippen molar-refractivity contribution < 1.29 is 9.59 Å². The molecule has 1 aromatic heterocycles. The number of nitrogens with zero attached hydrogens (tertiary/aromatic N) is 1. The minimum Gasteiger partial charge on any atom is -0.355 e. The van der Waals surface area contributed by atoms with Gasteiger partial charge in [0.15, 0.2) is 0 Å². The van der Waals surface area contributed by atoms with E-state index in [1.165, 1.54) is 0 Å². The Labute approximate surface area is 88.3 Å². The summed E-state index contributed by atoms with van der Waals surface area (Å²) in [5.74, 6) is -0.253. The van der Waals surface area contributed by atoms with Gasteiger partial charge in [-0.25, -0.2) is 4.98 Å². The molecule has 15 heavy (non-hydrogen) atoms. The van der Waals surface area contributed by atoms with Crippen LogP contribution in [0.15, 0.2) is 12.5 Å². The van der Waals surface area contributed by atoms with Crippen LogP contribution in [0, 0.1) is 5.41 Å². The van der Waals surface area contributed by atoms with E-state index in [2.05, 4.69) is 15.3 Å². The van der Waals surface area contributed by atoms with Gasteiger partial charge < -0.3 is 15.1 Å². The van der Waals surface area contributed by atoms with Crippen LogP contribution in [0.4, 0.5) is 0 Å². The number of H-pyrrole nitrogens is 1. The number of rotatable bonds is 5. The van der Waals surface area contributed by atoms with Gasteiger partial charge >= 0.3 is 0 Å². The summed E-state index contributed by atoms with van der Waals surface area (Å²) in [6, 6.07) is 0. The summed E-state index contributed by atoms with van der Waals surface area (Å²) in [4.78, 5) is 28.8. The van der Waals surface area contributed by atoms with Gasteiger partial charge in [-0.2, -0.15) is 0 Å². The minimum absolute atomic E-state index is 0.253. The minimum atomic E-state index is -0.950. The van der Waals surface area contributed by atoms with E-state index in [1.54, 1.807) is 26.4 Å². The van der Waals surface area contributed by atoms with E-state index >= 15 is 0 Å². The van der Waals surface area contributed by atoms with Crippen molar-refractivity contribution in [3.63, 3.8) is 0 Å². The highest BCUT2D eigenvalue weighted by Gasteiger charge is 2.26. The van der Waals surface area contributed by atoms with Crippen LogP contribution >= 0.6 is 0 Å². The molecule has 2 N–H and O–H groups in total. The topological polar surface area (TPSA) is 74.8 Å². The number of hydrogen-bond donors (Lipinski definition) is 2. The second kappa shape index (κ2) is 4.72. The summed E-state index contributed by atoms with van der Waals surface area (Å²) in [7, 11) is 0. The van der Waals surface area contributed by atoms with Crippen molar-refractivity contribution in [2.24, 2.45) is 5.41 Å². The van der Waals surface area contributed by atoms with Crippen molar-refractivity contribution in [3.8, 4) is 0 Å². The highest BCUT2D eigenvalue weighted by molar-refractivity contribution is 5.95. The summed E-state index contributed by atoms with van der Waals surface area (Å²) in [6.07, 6.45) is 4.63. The van der Waals surface area contributed by atoms with Gasteiger partial charge in [0.2, 0.25) is 5.91 Å². The lowest BCUT2D eigenvalue weighted by molar-refractivity contribution is -0.134. The first-order valence-corrected chi connectivity index (χ1v) is 4.78. The molecule has 0 aromatic carbocycles. The van der Waals surface area contributed by atoms with Crippen LogP contribution < -0.4 is 5.32 Å². The summed E-state index contributed by atoms with van der Waals surface area (Å²) in [5, 5.41) is 2.69. The van der Waals surface area contributed by atoms with Crippen molar-refractivity contribution in [2.75, 3.05) is 6.54 Å². The largest absolute Gasteiger partial charge is 0.355 e. The molecule has 0 spiro atoms. The maximum Gasteiger partial charge on any atom is 0.232 e. The Bertz CT molecular complexity index is 330. The molecule has 0 unspecified atom stereocenters. The average Bonchev–Trinajstić information content (AvgIpc) is 2.70. The first-order valence-electron chi connectivity index (χ1n) is 4.78. The van der Waals surface area contributed by atoms with Gasteiger partial charge in [-0.15, -0.1) is 0 Å². The summed E-state index contributed by atoms with van der Waals surface area (Å²) >= 11 is 0. The molecule has 0 aliphatic rings. The Hall–Kier alpha value is -1.65. The standard InChI is InChI=1S/C10H15N3O2/c1-10(2,6-14)9(15)12-4-3-8-5-11-7-13-8/h5-7H,3-4H2,1-2H3,(H,11,13)(H,12,15). The molecule has 0 saturated carbocycles. The van der Waals surface area contributed by atoms with Crippen LogP contribution in [0.3, 0.4) is 0 Å². The van der Waals surface area contributed by atoms with E-state index < -0.39 is 5.41 Å². The maximum absolute atomic E-state index is 11.5. The quantitative estimate of drug-likeness (QED) is 0.540. The number of aldehydes is 1. The molecule has 5 heteroatoms. The molecule has 1 aromatic rings. The van der Waals surface area contributed by atoms with Gasteiger partial charge in [-0.3, -0.25) is 4.79 Å². The molecule has 0 bridgehead atoms. The number of amides is 1. The Morgan fingerprint density at radius 2 is 2.40 bits per heavy atom. The Morgan fingerprint density at radius 3 is 2.93 bits per heavy atom. The molecule has 0 radical (unpaired) electrons. The first kappa shape index (κ1) is 11.4. The van der Waals surface area contributed by atoms with E-state index in [4.69, 9.17) is 0 Å². The molecule has 0 aliphatic carbocycles. The second-order valence-electron chi connectivity index (χ2n) is 3.92. The number of hydrogen-bond acceptors (Lipinski definition) is 3. The summed E-state index contributed by atoms with van der Waals surface area (Å²) in [5.41, 5.74) is 0.00719. The summed E-state index contributed by atoms with van der Waals surface area (Å²) < 4.78 is 0. The molecule has 1 heterocycles. The van der Waals surface area contributed by atoms with Gasteiger partial charge in [0.1, 0.15) is 6.29 Å². The highest BCUT2D eigenvalue weighted by Crippen LogP contribution is 2.10. The molecule has 0 atom stereocenters. The lowest BCUT2D eigenvalue weighted by atomic mass is 9.95. The molecule has 1 amide bonds. The average molecular weight is 209 g/mol. The molecule has 1 rings (SSSR count). The van der Waals surface area contributed by atoms with Crippen LogP contribution in [0.2, 0.25) is 0 Å². The molecule has 5 nitrogen and oxygen atoms in total. The fourth-order valence-corrected chi connectivity index (χ4v) is 1.01. The Balaban J connectivity index is 2.32. The van der Waals surface area contributed by atoms with Crippen LogP contribution in [-0.4, -0.2) is 28.7 Å². The van der Waals surface area contributed by atoms with Crippen LogP contribution in [-0.2, 0) is 16.0 Å². The smallest absolute Gasteiger partial charge is 0.232 e.